The van der Waals surface area contributed by atoms with Crippen molar-refractivity contribution >= 4 is 29.2 Å². The fourth-order valence-corrected chi connectivity index (χ4v) is 5.13. The van der Waals surface area contributed by atoms with Crippen LogP contribution in [-0.4, -0.2) is 70.1 Å². The van der Waals surface area contributed by atoms with Crippen molar-refractivity contribution in [2.24, 2.45) is 0 Å². The van der Waals surface area contributed by atoms with E-state index in [1.165, 1.54) is 18.2 Å². The van der Waals surface area contributed by atoms with Gasteiger partial charge in [-0.3, -0.25) is 14.4 Å². The summed E-state index contributed by atoms with van der Waals surface area (Å²) in [6, 6.07) is 5.94. The van der Waals surface area contributed by atoms with E-state index in [-0.39, 0.29) is 28.4 Å². The molecule has 0 radical (unpaired) electrons. The van der Waals surface area contributed by atoms with Gasteiger partial charge in [0.1, 0.15) is 5.54 Å². The van der Waals surface area contributed by atoms with Gasteiger partial charge in [0.05, 0.1) is 12.3 Å². The number of carbonyl (C=O) groups is 2. The third kappa shape index (κ3) is 5.33. The summed E-state index contributed by atoms with van der Waals surface area (Å²) in [5, 5.41) is 16.7. The van der Waals surface area contributed by atoms with Crippen LogP contribution in [0.4, 0.5) is 14.5 Å². The highest BCUT2D eigenvalue weighted by atomic mass is 35.5. The van der Waals surface area contributed by atoms with Crippen molar-refractivity contribution in [3.63, 3.8) is 0 Å². The number of aliphatic carboxylic acids is 1. The Morgan fingerprint density at radius 3 is 2.61 bits per heavy atom. The van der Waals surface area contributed by atoms with E-state index in [2.05, 4.69) is 20.1 Å². The van der Waals surface area contributed by atoms with E-state index in [1.54, 1.807) is 10.9 Å². The molecule has 196 valence electrons. The molecule has 2 fully saturated rings. The van der Waals surface area contributed by atoms with Gasteiger partial charge in [-0.1, -0.05) is 25.4 Å². The lowest BCUT2D eigenvalue weighted by Gasteiger charge is -2.43. The molecule has 2 N–H and O–H groups in total. The summed E-state index contributed by atoms with van der Waals surface area (Å²) in [4.78, 5) is 27.3. The number of hydrogen-bond acceptors (Lipinski definition) is 6. The Kier molecular flexibility index (Phi) is 7.82. The summed E-state index contributed by atoms with van der Waals surface area (Å²) in [5.41, 5.74) is -0.139. The first-order valence-corrected chi connectivity index (χ1v) is 12.2. The zero-order valence-electron chi connectivity index (χ0n) is 20.0. The summed E-state index contributed by atoms with van der Waals surface area (Å²) in [5.74, 6) is -1.53. The summed E-state index contributed by atoms with van der Waals surface area (Å²) in [6.45, 7) is 2.25. The van der Waals surface area contributed by atoms with Crippen molar-refractivity contribution in [1.82, 2.24) is 14.7 Å². The maximum atomic E-state index is 13.9. The first-order chi connectivity index (χ1) is 17.1. The Morgan fingerprint density at radius 2 is 2.00 bits per heavy atom. The Labute approximate surface area is 212 Å². The highest BCUT2D eigenvalue weighted by Gasteiger charge is 2.47. The van der Waals surface area contributed by atoms with Crippen molar-refractivity contribution in [1.29, 1.82) is 0 Å². The van der Waals surface area contributed by atoms with Gasteiger partial charge in [-0.25, -0.2) is 4.79 Å². The molecule has 1 aromatic carbocycles. The molecule has 0 spiro atoms. The zero-order valence-corrected chi connectivity index (χ0v) is 20.8. The number of benzene rings is 1. The van der Waals surface area contributed by atoms with Crippen molar-refractivity contribution in [3.05, 3.63) is 41.2 Å². The Balaban J connectivity index is 1.61. The summed E-state index contributed by atoms with van der Waals surface area (Å²) in [6.07, 6.45) is 1.96. The second-order valence-corrected chi connectivity index (χ2v) is 9.85. The van der Waals surface area contributed by atoms with Gasteiger partial charge < -0.3 is 19.9 Å². The van der Waals surface area contributed by atoms with Crippen LogP contribution < -0.4 is 10.1 Å². The number of piperidine rings is 1. The normalized spacial score (nSPS) is 22.2. The standard InChI is InChI=1S/C24H29ClF2N4O5/c1-14(2)18-5-8-28-31(18)24(6-9-30(10-7-24)16-12-20(21(32)33)35-13-16)22(34)29-17-4-3-15(25)11-19(17)36-23(26)27/h3-5,8,11,14,16,20,23H,6-7,9-10,12-13H2,1-2H3,(H,29,34)(H,32,33)/t16-,20-/m0/s1. The number of likely N-dealkylation sites (tertiary alicyclic amines) is 1. The maximum Gasteiger partial charge on any atom is 0.387 e. The summed E-state index contributed by atoms with van der Waals surface area (Å²) in [7, 11) is 0. The Hall–Kier alpha value is -2.76. The molecule has 0 saturated carbocycles. The molecule has 2 atom stereocenters. The first kappa shape index (κ1) is 26.3. The number of aromatic nitrogens is 2. The first-order valence-electron chi connectivity index (χ1n) is 11.8. The SMILES string of the molecule is CC(C)c1ccnn1C1(C(=O)Nc2ccc(Cl)cc2OC(F)F)CCN([C@@H]2CO[C@H](C(=O)O)C2)CC1. The van der Waals surface area contributed by atoms with Crippen LogP contribution >= 0.6 is 11.6 Å². The lowest BCUT2D eigenvalue weighted by molar-refractivity contribution is -0.147. The zero-order chi connectivity index (χ0) is 26.0. The maximum absolute atomic E-state index is 13.9. The molecular weight excluding hydrogens is 498 g/mol. The van der Waals surface area contributed by atoms with Gasteiger partial charge in [0.15, 0.2) is 11.9 Å². The fraction of sp³-hybridized carbons (Fsp3) is 0.542. The van der Waals surface area contributed by atoms with Crippen LogP contribution in [0.3, 0.4) is 0 Å². The molecule has 2 saturated heterocycles. The van der Waals surface area contributed by atoms with Crippen molar-refractivity contribution in [2.75, 3.05) is 25.0 Å². The number of nitrogens with one attached hydrogen (secondary N) is 1. The van der Waals surface area contributed by atoms with Crippen LogP contribution in [-0.2, 0) is 19.9 Å². The largest absolute Gasteiger partial charge is 0.479 e. The van der Waals surface area contributed by atoms with Crippen LogP contribution in [0.25, 0.3) is 0 Å². The minimum atomic E-state index is -3.08. The third-order valence-corrected chi connectivity index (χ3v) is 7.13. The van der Waals surface area contributed by atoms with Crippen LogP contribution in [0.1, 0.15) is 44.7 Å². The van der Waals surface area contributed by atoms with Gasteiger partial charge in [-0.2, -0.15) is 13.9 Å². The van der Waals surface area contributed by atoms with Crippen LogP contribution in [0, 0.1) is 0 Å². The number of carboxylic acid groups (broad SMARTS) is 1. The molecule has 1 aromatic heterocycles. The van der Waals surface area contributed by atoms with E-state index >= 15 is 0 Å². The van der Waals surface area contributed by atoms with Crippen LogP contribution in [0.15, 0.2) is 30.5 Å². The number of halogens is 3. The molecule has 0 unspecified atom stereocenters. The van der Waals surface area contributed by atoms with Crippen molar-refractivity contribution in [2.45, 2.75) is 63.3 Å². The number of hydrogen-bond donors (Lipinski definition) is 2. The molecule has 2 aliphatic heterocycles. The topological polar surface area (TPSA) is 106 Å². The molecule has 1 amide bonds. The molecule has 12 heteroatoms. The second kappa shape index (κ2) is 10.7. The Bertz CT molecular complexity index is 1100. The highest BCUT2D eigenvalue weighted by molar-refractivity contribution is 6.30. The third-order valence-electron chi connectivity index (χ3n) is 6.89. The molecule has 0 aliphatic carbocycles. The number of nitrogens with zero attached hydrogens (tertiary/aromatic N) is 3. The van der Waals surface area contributed by atoms with E-state index in [1.807, 2.05) is 19.9 Å². The molecule has 3 heterocycles. The number of anilines is 1. The van der Waals surface area contributed by atoms with E-state index < -0.39 is 30.1 Å². The van der Waals surface area contributed by atoms with Crippen LogP contribution in [0.2, 0.25) is 5.02 Å². The molecule has 0 bridgehead atoms. The molecule has 9 nitrogen and oxygen atoms in total. The molecule has 4 rings (SSSR count). The van der Waals surface area contributed by atoms with Crippen molar-refractivity contribution < 1.29 is 33.0 Å². The van der Waals surface area contributed by atoms with Gasteiger partial charge >= 0.3 is 12.6 Å². The van der Waals surface area contributed by atoms with E-state index in [0.29, 0.717) is 39.0 Å². The van der Waals surface area contributed by atoms with Crippen LogP contribution in [0.5, 0.6) is 5.75 Å². The predicted molar refractivity (Wildman–Crippen MR) is 128 cm³/mol. The van der Waals surface area contributed by atoms with Crippen molar-refractivity contribution in [3.8, 4) is 5.75 Å². The smallest absolute Gasteiger partial charge is 0.387 e. The number of carbonyl (C=O) groups excluding carboxylic acids is 1. The van der Waals surface area contributed by atoms with E-state index in [0.717, 1.165) is 5.69 Å². The second-order valence-electron chi connectivity index (χ2n) is 9.41. The minimum Gasteiger partial charge on any atom is -0.479 e. The minimum absolute atomic E-state index is 0.0586. The summed E-state index contributed by atoms with van der Waals surface area (Å²) >= 11 is 5.95. The summed E-state index contributed by atoms with van der Waals surface area (Å²) < 4.78 is 37.7. The average Bonchev–Trinajstić information content (AvgIpc) is 3.51. The lowest BCUT2D eigenvalue weighted by atomic mass is 9.84. The molecule has 36 heavy (non-hydrogen) atoms. The van der Waals surface area contributed by atoms with E-state index in [9.17, 15) is 23.5 Å². The van der Waals surface area contributed by atoms with Gasteiger partial charge in [0.2, 0.25) is 0 Å². The number of ether oxygens (including phenoxy) is 2. The number of amides is 1. The Morgan fingerprint density at radius 1 is 1.28 bits per heavy atom. The molecule has 2 aliphatic rings. The predicted octanol–water partition coefficient (Wildman–Crippen LogP) is 3.93. The highest BCUT2D eigenvalue weighted by Crippen LogP contribution is 2.38. The van der Waals surface area contributed by atoms with Gasteiger partial charge in [0, 0.05) is 48.5 Å². The fourth-order valence-electron chi connectivity index (χ4n) is 4.97. The van der Waals surface area contributed by atoms with Gasteiger partial charge in [-0.05, 0) is 37.0 Å². The molecule has 2 aromatic rings. The van der Waals surface area contributed by atoms with E-state index in [4.69, 9.17) is 16.3 Å². The quantitative estimate of drug-likeness (QED) is 0.537. The van der Waals surface area contributed by atoms with Gasteiger partial charge in [-0.15, -0.1) is 0 Å². The average molecular weight is 527 g/mol. The number of carboxylic acids is 1. The van der Waals surface area contributed by atoms with Gasteiger partial charge in [0.25, 0.3) is 5.91 Å². The number of alkyl halides is 2. The monoisotopic (exact) mass is 526 g/mol. The molecular formula is C24H29ClF2N4O5. The lowest BCUT2D eigenvalue weighted by Crippen LogP contribution is -2.56. The number of rotatable bonds is 8.